The Hall–Kier alpha value is -0.610. The summed E-state index contributed by atoms with van der Waals surface area (Å²) in [6.07, 6.45) is 5.02. The Morgan fingerprint density at radius 2 is 2.06 bits per heavy atom. The molecule has 0 aliphatic heterocycles. The summed E-state index contributed by atoms with van der Waals surface area (Å²) in [7, 11) is 0. The van der Waals surface area contributed by atoms with Crippen LogP contribution >= 0.6 is 0 Å². The van der Waals surface area contributed by atoms with E-state index in [1.807, 2.05) is 13.8 Å². The minimum absolute atomic E-state index is 0.131. The molecule has 1 aliphatic rings. The van der Waals surface area contributed by atoms with Crippen molar-refractivity contribution in [1.82, 2.24) is 5.32 Å². The van der Waals surface area contributed by atoms with Crippen LogP contribution in [-0.4, -0.2) is 35.9 Å². The van der Waals surface area contributed by atoms with Crippen LogP contribution in [0.1, 0.15) is 46.5 Å². The molecule has 1 fully saturated rings. The van der Waals surface area contributed by atoms with Crippen LogP contribution in [-0.2, 0) is 9.53 Å². The summed E-state index contributed by atoms with van der Waals surface area (Å²) in [6.45, 7) is 6.50. The number of rotatable bonds is 7. The second-order valence-corrected chi connectivity index (χ2v) is 5.60. The fraction of sp³-hybridized carbons (Fsp3) is 0.923. The van der Waals surface area contributed by atoms with Crippen LogP contribution in [0, 0.1) is 5.92 Å². The lowest BCUT2D eigenvalue weighted by Gasteiger charge is -2.28. The highest BCUT2D eigenvalue weighted by molar-refractivity contribution is 5.78. The highest BCUT2D eigenvalue weighted by Gasteiger charge is 2.34. The molecule has 4 heteroatoms. The molecule has 0 amide bonds. The van der Waals surface area contributed by atoms with E-state index in [0.29, 0.717) is 12.5 Å². The first-order chi connectivity index (χ1) is 7.94. The van der Waals surface area contributed by atoms with Gasteiger partial charge in [-0.05, 0) is 39.5 Å². The van der Waals surface area contributed by atoms with Gasteiger partial charge in [-0.25, -0.2) is 0 Å². The van der Waals surface area contributed by atoms with E-state index < -0.39 is 11.5 Å². The molecule has 2 N–H and O–H groups in total. The molecular weight excluding hydrogens is 218 g/mol. The summed E-state index contributed by atoms with van der Waals surface area (Å²) in [5.74, 6) is -0.218. The number of hydrogen-bond donors (Lipinski definition) is 2. The van der Waals surface area contributed by atoms with Gasteiger partial charge >= 0.3 is 5.97 Å². The fourth-order valence-corrected chi connectivity index (χ4v) is 2.41. The van der Waals surface area contributed by atoms with Crippen LogP contribution in [0.2, 0.25) is 0 Å². The molecule has 0 spiro atoms. The Kier molecular flexibility index (Phi) is 5.40. The quantitative estimate of drug-likeness (QED) is 0.718. The molecule has 0 saturated heterocycles. The highest BCUT2D eigenvalue weighted by Crippen LogP contribution is 2.25. The maximum Gasteiger partial charge on any atom is 0.326 e. The predicted molar refractivity (Wildman–Crippen MR) is 67.1 cm³/mol. The van der Waals surface area contributed by atoms with E-state index in [9.17, 15) is 9.90 Å². The molecule has 0 aromatic heterocycles. The summed E-state index contributed by atoms with van der Waals surface area (Å²) in [4.78, 5) is 11.2. The maximum atomic E-state index is 11.2. The molecule has 0 bridgehead atoms. The summed E-state index contributed by atoms with van der Waals surface area (Å²) in [5, 5.41) is 12.3. The van der Waals surface area contributed by atoms with Gasteiger partial charge in [0.2, 0.25) is 0 Å². The van der Waals surface area contributed by atoms with Crippen LogP contribution in [0.5, 0.6) is 0 Å². The molecule has 1 rings (SSSR count). The van der Waals surface area contributed by atoms with E-state index in [-0.39, 0.29) is 12.6 Å². The van der Waals surface area contributed by atoms with Crippen molar-refractivity contribution in [3.8, 4) is 0 Å². The SMILES string of the molecule is CC(C)NC(C)(COCC1CCCC1)C(=O)O. The van der Waals surface area contributed by atoms with E-state index >= 15 is 0 Å². The zero-order chi connectivity index (χ0) is 12.9. The van der Waals surface area contributed by atoms with Gasteiger partial charge in [0.25, 0.3) is 0 Å². The standard InChI is InChI=1S/C13H25NO3/c1-10(2)14-13(3,12(15)16)9-17-8-11-6-4-5-7-11/h10-11,14H,4-9H2,1-3H3,(H,15,16). The van der Waals surface area contributed by atoms with Gasteiger partial charge in [0.05, 0.1) is 6.61 Å². The van der Waals surface area contributed by atoms with Gasteiger partial charge in [-0.15, -0.1) is 0 Å². The van der Waals surface area contributed by atoms with Gasteiger partial charge in [-0.2, -0.15) is 0 Å². The van der Waals surface area contributed by atoms with Gasteiger partial charge in [-0.3, -0.25) is 10.1 Å². The summed E-state index contributed by atoms with van der Waals surface area (Å²) in [5.41, 5.74) is -0.979. The van der Waals surface area contributed by atoms with Crippen LogP contribution < -0.4 is 5.32 Å². The summed E-state index contributed by atoms with van der Waals surface area (Å²) in [6, 6.07) is 0.131. The number of ether oxygens (including phenoxy) is 1. The lowest BCUT2D eigenvalue weighted by atomic mass is 10.0. The van der Waals surface area contributed by atoms with E-state index in [0.717, 1.165) is 0 Å². The zero-order valence-corrected chi connectivity index (χ0v) is 11.2. The second-order valence-electron chi connectivity index (χ2n) is 5.60. The molecule has 1 aliphatic carbocycles. The van der Waals surface area contributed by atoms with Crippen molar-refractivity contribution in [1.29, 1.82) is 0 Å². The molecule has 1 unspecified atom stereocenters. The second kappa shape index (κ2) is 6.36. The van der Waals surface area contributed by atoms with E-state index in [2.05, 4.69) is 5.32 Å². The van der Waals surface area contributed by atoms with Gasteiger partial charge in [0.15, 0.2) is 0 Å². The first kappa shape index (κ1) is 14.5. The monoisotopic (exact) mass is 243 g/mol. The first-order valence-corrected chi connectivity index (χ1v) is 6.53. The minimum Gasteiger partial charge on any atom is -0.480 e. The van der Waals surface area contributed by atoms with E-state index in [4.69, 9.17) is 4.74 Å². The smallest absolute Gasteiger partial charge is 0.326 e. The third-order valence-electron chi connectivity index (χ3n) is 3.30. The molecule has 1 saturated carbocycles. The zero-order valence-electron chi connectivity index (χ0n) is 11.2. The van der Waals surface area contributed by atoms with Crippen LogP contribution in [0.4, 0.5) is 0 Å². The van der Waals surface area contributed by atoms with Crippen LogP contribution in [0.3, 0.4) is 0 Å². The topological polar surface area (TPSA) is 58.6 Å². The average Bonchev–Trinajstić information content (AvgIpc) is 2.69. The molecule has 1 atom stereocenters. The van der Waals surface area contributed by atoms with Crippen molar-refractivity contribution < 1.29 is 14.6 Å². The Morgan fingerprint density at radius 1 is 1.47 bits per heavy atom. The van der Waals surface area contributed by atoms with E-state index in [1.165, 1.54) is 25.7 Å². The van der Waals surface area contributed by atoms with Crippen molar-refractivity contribution in [2.45, 2.75) is 58.0 Å². The lowest BCUT2D eigenvalue weighted by Crippen LogP contribution is -2.55. The van der Waals surface area contributed by atoms with Crippen LogP contribution in [0.25, 0.3) is 0 Å². The Balaban J connectivity index is 2.35. The maximum absolute atomic E-state index is 11.2. The third kappa shape index (κ3) is 4.64. The molecular formula is C13H25NO3. The normalized spacial score (nSPS) is 20.7. The number of carbonyl (C=O) groups is 1. The number of carboxylic acids is 1. The molecule has 0 aromatic carbocycles. The Labute approximate surface area is 104 Å². The fourth-order valence-electron chi connectivity index (χ4n) is 2.41. The van der Waals surface area contributed by atoms with Crippen molar-refractivity contribution >= 4 is 5.97 Å². The van der Waals surface area contributed by atoms with Gasteiger partial charge < -0.3 is 9.84 Å². The largest absolute Gasteiger partial charge is 0.480 e. The van der Waals surface area contributed by atoms with Crippen molar-refractivity contribution in [2.24, 2.45) is 5.92 Å². The lowest BCUT2D eigenvalue weighted by molar-refractivity contribution is -0.147. The average molecular weight is 243 g/mol. The third-order valence-corrected chi connectivity index (χ3v) is 3.30. The number of nitrogens with one attached hydrogen (secondary N) is 1. The minimum atomic E-state index is -0.979. The highest BCUT2D eigenvalue weighted by atomic mass is 16.5. The number of aliphatic carboxylic acids is 1. The van der Waals surface area contributed by atoms with Gasteiger partial charge in [0.1, 0.15) is 5.54 Å². The molecule has 0 heterocycles. The van der Waals surface area contributed by atoms with Gasteiger partial charge in [-0.1, -0.05) is 12.8 Å². The van der Waals surface area contributed by atoms with Crippen molar-refractivity contribution in [3.63, 3.8) is 0 Å². The molecule has 0 aromatic rings. The van der Waals surface area contributed by atoms with Crippen LogP contribution in [0.15, 0.2) is 0 Å². The Morgan fingerprint density at radius 3 is 2.53 bits per heavy atom. The number of carboxylic acid groups (broad SMARTS) is 1. The van der Waals surface area contributed by atoms with Crippen molar-refractivity contribution in [2.75, 3.05) is 13.2 Å². The summed E-state index contributed by atoms with van der Waals surface area (Å²) < 4.78 is 5.60. The predicted octanol–water partition coefficient (Wildman–Crippen LogP) is 2.03. The molecule has 4 nitrogen and oxygen atoms in total. The van der Waals surface area contributed by atoms with Crippen molar-refractivity contribution in [3.05, 3.63) is 0 Å². The van der Waals surface area contributed by atoms with E-state index in [1.54, 1.807) is 6.92 Å². The molecule has 0 radical (unpaired) electrons. The van der Waals surface area contributed by atoms with Gasteiger partial charge in [0, 0.05) is 12.6 Å². The molecule has 17 heavy (non-hydrogen) atoms. The Bertz CT molecular complexity index is 249. The first-order valence-electron chi connectivity index (χ1n) is 6.53. The molecule has 100 valence electrons. The summed E-state index contributed by atoms with van der Waals surface area (Å²) >= 11 is 0. The number of hydrogen-bond acceptors (Lipinski definition) is 3.